The monoisotopic (exact) mass is 263 g/mol. The minimum absolute atomic E-state index is 0.814. The van der Waals surface area contributed by atoms with Gasteiger partial charge in [0.15, 0.2) is 0 Å². The van der Waals surface area contributed by atoms with Gasteiger partial charge in [0, 0.05) is 10.9 Å². The van der Waals surface area contributed by atoms with E-state index in [1.54, 1.807) is 7.11 Å². The highest BCUT2D eigenvalue weighted by atomic mass is 16.5. The number of hydrogen-bond donors (Lipinski definition) is 0. The van der Waals surface area contributed by atoms with E-state index in [-0.39, 0.29) is 0 Å². The number of rotatable bonds is 2. The Morgan fingerprint density at radius 1 is 0.900 bits per heavy atom. The predicted molar refractivity (Wildman–Crippen MR) is 83.2 cm³/mol. The molecule has 0 aliphatic heterocycles. The van der Waals surface area contributed by atoms with Gasteiger partial charge in [0.25, 0.3) is 0 Å². The van der Waals surface area contributed by atoms with Crippen LogP contribution in [0, 0.1) is 13.8 Å². The molecule has 2 aromatic carbocycles. The van der Waals surface area contributed by atoms with Gasteiger partial charge in [-0.3, -0.25) is 0 Å². The van der Waals surface area contributed by atoms with Crippen molar-refractivity contribution >= 4 is 10.9 Å². The van der Waals surface area contributed by atoms with E-state index in [0.717, 1.165) is 27.9 Å². The van der Waals surface area contributed by atoms with E-state index in [1.165, 1.54) is 11.1 Å². The van der Waals surface area contributed by atoms with Crippen LogP contribution in [-0.2, 0) is 0 Å². The van der Waals surface area contributed by atoms with Gasteiger partial charge in [-0.2, -0.15) is 0 Å². The molecular formula is C18H17NO. The maximum absolute atomic E-state index is 5.53. The molecule has 2 nitrogen and oxygen atoms in total. The summed E-state index contributed by atoms with van der Waals surface area (Å²) in [6.45, 7) is 4.17. The lowest BCUT2D eigenvalue weighted by atomic mass is 10.1. The summed E-state index contributed by atoms with van der Waals surface area (Å²) < 4.78 is 5.53. The van der Waals surface area contributed by atoms with Crippen LogP contribution < -0.4 is 4.74 Å². The molecule has 0 radical (unpaired) electrons. The third-order valence-corrected chi connectivity index (χ3v) is 3.45. The van der Waals surface area contributed by atoms with Crippen LogP contribution in [-0.4, -0.2) is 12.1 Å². The highest BCUT2D eigenvalue weighted by Crippen LogP contribution is 2.31. The van der Waals surface area contributed by atoms with Crippen molar-refractivity contribution in [3.05, 3.63) is 59.7 Å². The summed E-state index contributed by atoms with van der Waals surface area (Å²) in [6.07, 6.45) is 0. The maximum Gasteiger partial charge on any atom is 0.145 e. The molecule has 0 N–H and O–H groups in total. The molecule has 20 heavy (non-hydrogen) atoms. The van der Waals surface area contributed by atoms with Gasteiger partial charge in [-0.15, -0.1) is 0 Å². The molecule has 3 aromatic rings. The summed E-state index contributed by atoms with van der Waals surface area (Å²) >= 11 is 0. The SMILES string of the molecule is COc1cc2cc(C)ccc2nc1-c1cccc(C)c1. The fraction of sp³-hybridized carbons (Fsp3) is 0.167. The van der Waals surface area contributed by atoms with Crippen LogP contribution in [0.1, 0.15) is 11.1 Å². The van der Waals surface area contributed by atoms with Gasteiger partial charge < -0.3 is 4.74 Å². The first-order valence-corrected chi connectivity index (χ1v) is 6.70. The molecule has 0 amide bonds. The highest BCUT2D eigenvalue weighted by molar-refractivity contribution is 5.85. The molecule has 0 aliphatic carbocycles. The standard InChI is InChI=1S/C18H17NO/c1-12-5-4-6-14(9-12)18-17(20-3)11-15-10-13(2)7-8-16(15)19-18/h4-11H,1-3H3. The van der Waals surface area contributed by atoms with Crippen molar-refractivity contribution in [2.45, 2.75) is 13.8 Å². The number of methoxy groups -OCH3 is 1. The molecule has 0 saturated carbocycles. The minimum Gasteiger partial charge on any atom is -0.494 e. The highest BCUT2D eigenvalue weighted by Gasteiger charge is 2.10. The topological polar surface area (TPSA) is 22.1 Å². The Balaban J connectivity index is 2.26. The maximum atomic E-state index is 5.53. The van der Waals surface area contributed by atoms with E-state index >= 15 is 0 Å². The molecule has 0 aliphatic rings. The molecule has 0 bridgehead atoms. The zero-order valence-corrected chi connectivity index (χ0v) is 12.0. The third-order valence-electron chi connectivity index (χ3n) is 3.45. The van der Waals surface area contributed by atoms with Crippen molar-refractivity contribution in [2.24, 2.45) is 0 Å². The molecule has 0 unspecified atom stereocenters. The van der Waals surface area contributed by atoms with Gasteiger partial charge in [-0.25, -0.2) is 4.98 Å². The smallest absolute Gasteiger partial charge is 0.145 e. The largest absolute Gasteiger partial charge is 0.494 e. The first kappa shape index (κ1) is 12.7. The number of benzene rings is 2. The van der Waals surface area contributed by atoms with Crippen LogP contribution in [0.2, 0.25) is 0 Å². The predicted octanol–water partition coefficient (Wildman–Crippen LogP) is 4.53. The van der Waals surface area contributed by atoms with Crippen molar-refractivity contribution in [1.29, 1.82) is 0 Å². The van der Waals surface area contributed by atoms with Gasteiger partial charge in [0.05, 0.1) is 12.6 Å². The van der Waals surface area contributed by atoms with Crippen LogP contribution in [0.3, 0.4) is 0 Å². The second-order valence-corrected chi connectivity index (χ2v) is 5.10. The number of aromatic nitrogens is 1. The van der Waals surface area contributed by atoms with Crippen LogP contribution in [0.25, 0.3) is 22.2 Å². The summed E-state index contributed by atoms with van der Waals surface area (Å²) in [4.78, 5) is 4.77. The minimum atomic E-state index is 0.814. The van der Waals surface area contributed by atoms with Gasteiger partial charge >= 0.3 is 0 Å². The van der Waals surface area contributed by atoms with E-state index in [9.17, 15) is 0 Å². The average molecular weight is 263 g/mol. The lowest BCUT2D eigenvalue weighted by Crippen LogP contribution is -1.93. The number of ether oxygens (including phenoxy) is 1. The first-order chi connectivity index (χ1) is 9.67. The Labute approximate surface area is 119 Å². The molecule has 0 saturated heterocycles. The van der Waals surface area contributed by atoms with E-state index in [1.807, 2.05) is 6.07 Å². The van der Waals surface area contributed by atoms with Crippen molar-refractivity contribution in [2.75, 3.05) is 7.11 Å². The van der Waals surface area contributed by atoms with E-state index < -0.39 is 0 Å². The normalized spacial score (nSPS) is 10.8. The molecule has 0 atom stereocenters. The van der Waals surface area contributed by atoms with Crippen LogP contribution >= 0.6 is 0 Å². The number of aryl methyl sites for hydroxylation is 2. The van der Waals surface area contributed by atoms with Crippen molar-refractivity contribution in [3.8, 4) is 17.0 Å². The molecule has 100 valence electrons. The molecule has 0 fully saturated rings. The second-order valence-electron chi connectivity index (χ2n) is 5.10. The number of fused-ring (bicyclic) bond motifs is 1. The number of pyridine rings is 1. The number of hydrogen-bond acceptors (Lipinski definition) is 2. The van der Waals surface area contributed by atoms with E-state index in [4.69, 9.17) is 9.72 Å². The van der Waals surface area contributed by atoms with Gasteiger partial charge in [-0.05, 0) is 38.1 Å². The van der Waals surface area contributed by atoms with Gasteiger partial charge in [-0.1, -0.05) is 35.4 Å². The number of nitrogens with zero attached hydrogens (tertiary/aromatic N) is 1. The summed E-state index contributed by atoms with van der Waals surface area (Å²) in [7, 11) is 1.69. The molecule has 1 heterocycles. The summed E-state index contributed by atoms with van der Waals surface area (Å²) in [6, 6.07) is 16.7. The molecule has 1 aromatic heterocycles. The summed E-state index contributed by atoms with van der Waals surface area (Å²) in [5.74, 6) is 0.814. The van der Waals surface area contributed by atoms with Crippen LogP contribution in [0.4, 0.5) is 0 Å². The Morgan fingerprint density at radius 2 is 1.70 bits per heavy atom. The van der Waals surface area contributed by atoms with E-state index in [2.05, 4.69) is 56.3 Å². The molecule has 3 rings (SSSR count). The Morgan fingerprint density at radius 3 is 2.45 bits per heavy atom. The van der Waals surface area contributed by atoms with Crippen molar-refractivity contribution < 1.29 is 4.74 Å². The van der Waals surface area contributed by atoms with Gasteiger partial charge in [0.1, 0.15) is 11.4 Å². The van der Waals surface area contributed by atoms with Crippen molar-refractivity contribution in [1.82, 2.24) is 4.98 Å². The fourth-order valence-electron chi connectivity index (χ4n) is 2.43. The van der Waals surface area contributed by atoms with Crippen LogP contribution in [0.15, 0.2) is 48.5 Å². The Kier molecular flexibility index (Phi) is 3.15. The second kappa shape index (κ2) is 4.97. The van der Waals surface area contributed by atoms with Crippen LogP contribution in [0.5, 0.6) is 5.75 Å². The average Bonchev–Trinajstić information content (AvgIpc) is 2.45. The summed E-state index contributed by atoms with van der Waals surface area (Å²) in [5.41, 5.74) is 5.42. The zero-order chi connectivity index (χ0) is 14.1. The Bertz CT molecular complexity index is 777. The fourth-order valence-corrected chi connectivity index (χ4v) is 2.43. The lowest BCUT2D eigenvalue weighted by Gasteiger charge is -2.10. The third kappa shape index (κ3) is 2.25. The summed E-state index contributed by atoms with van der Waals surface area (Å²) in [5, 5.41) is 1.11. The zero-order valence-electron chi connectivity index (χ0n) is 12.0. The molecule has 0 spiro atoms. The van der Waals surface area contributed by atoms with E-state index in [0.29, 0.717) is 0 Å². The molecule has 2 heteroatoms. The first-order valence-electron chi connectivity index (χ1n) is 6.70. The van der Waals surface area contributed by atoms with Crippen molar-refractivity contribution in [3.63, 3.8) is 0 Å². The Hall–Kier alpha value is -2.35. The lowest BCUT2D eigenvalue weighted by molar-refractivity contribution is 0.415. The molecular weight excluding hydrogens is 246 g/mol. The quantitative estimate of drug-likeness (QED) is 0.677. The van der Waals surface area contributed by atoms with Gasteiger partial charge in [0.2, 0.25) is 0 Å².